The first-order valence-electron chi connectivity index (χ1n) is 5.39. The smallest absolute Gasteiger partial charge is 0.337 e. The van der Waals surface area contributed by atoms with Gasteiger partial charge in [-0.3, -0.25) is 0 Å². The highest BCUT2D eigenvalue weighted by atomic mass is 35.5. The van der Waals surface area contributed by atoms with Crippen molar-refractivity contribution in [3.8, 4) is 0 Å². The second-order valence-corrected chi connectivity index (χ2v) is 6.07. The van der Waals surface area contributed by atoms with Crippen molar-refractivity contribution in [1.29, 1.82) is 0 Å². The minimum atomic E-state index is -4.24. The van der Waals surface area contributed by atoms with Crippen LogP contribution in [0.1, 0.15) is 16.1 Å². The molecular formula is C11H8ClFN2O5S. The molecule has 1 heterocycles. The third-order valence-electron chi connectivity index (χ3n) is 2.41. The standard InChI is InChI=1S/C11H8ClFN2O5S/c1-5-2-9(20-14-5)15-21(18,19)6-3-7(11(16)17)10(12)8(13)4-6/h2-4,15H,1H3,(H,16,17). The molecule has 2 N–H and O–H groups in total. The number of anilines is 1. The zero-order valence-corrected chi connectivity index (χ0v) is 12.0. The fourth-order valence-electron chi connectivity index (χ4n) is 1.48. The first-order valence-corrected chi connectivity index (χ1v) is 7.25. The van der Waals surface area contributed by atoms with Crippen molar-refractivity contribution in [3.05, 3.63) is 40.3 Å². The number of aromatic nitrogens is 1. The number of carboxylic acids is 1. The van der Waals surface area contributed by atoms with Crippen LogP contribution in [0.15, 0.2) is 27.6 Å². The first-order chi connectivity index (χ1) is 9.70. The maximum absolute atomic E-state index is 13.5. The van der Waals surface area contributed by atoms with Crippen molar-refractivity contribution in [2.24, 2.45) is 0 Å². The van der Waals surface area contributed by atoms with Crippen LogP contribution in [0, 0.1) is 12.7 Å². The monoisotopic (exact) mass is 334 g/mol. The van der Waals surface area contributed by atoms with E-state index in [1.807, 2.05) is 4.72 Å². The Bertz CT molecular complexity index is 818. The molecular weight excluding hydrogens is 327 g/mol. The zero-order valence-electron chi connectivity index (χ0n) is 10.4. The Hall–Kier alpha value is -2.13. The van der Waals surface area contributed by atoms with Gasteiger partial charge in [-0.1, -0.05) is 16.8 Å². The van der Waals surface area contributed by atoms with E-state index in [2.05, 4.69) is 9.68 Å². The van der Waals surface area contributed by atoms with Gasteiger partial charge in [-0.2, -0.15) is 0 Å². The van der Waals surface area contributed by atoms with Crippen LogP contribution < -0.4 is 4.72 Å². The molecule has 10 heteroatoms. The summed E-state index contributed by atoms with van der Waals surface area (Å²) in [4.78, 5) is 10.3. The van der Waals surface area contributed by atoms with E-state index in [0.717, 1.165) is 6.07 Å². The van der Waals surface area contributed by atoms with E-state index in [1.165, 1.54) is 6.07 Å². The summed E-state index contributed by atoms with van der Waals surface area (Å²) in [5.41, 5.74) is -0.230. The van der Waals surface area contributed by atoms with E-state index in [1.54, 1.807) is 6.92 Å². The highest BCUT2D eigenvalue weighted by molar-refractivity contribution is 7.92. The summed E-state index contributed by atoms with van der Waals surface area (Å²) < 4.78 is 44.3. The van der Waals surface area contributed by atoms with Crippen LogP contribution in [-0.4, -0.2) is 24.7 Å². The number of hydrogen-bond acceptors (Lipinski definition) is 5. The number of sulfonamides is 1. The molecule has 112 valence electrons. The van der Waals surface area contributed by atoms with Gasteiger partial charge < -0.3 is 9.63 Å². The van der Waals surface area contributed by atoms with Gasteiger partial charge in [0.15, 0.2) is 0 Å². The number of benzene rings is 1. The molecule has 0 atom stereocenters. The van der Waals surface area contributed by atoms with Crippen molar-refractivity contribution in [3.63, 3.8) is 0 Å². The largest absolute Gasteiger partial charge is 0.478 e. The molecule has 0 aliphatic rings. The number of carbonyl (C=O) groups is 1. The predicted molar refractivity (Wildman–Crippen MR) is 70.4 cm³/mol. The van der Waals surface area contributed by atoms with E-state index in [-0.39, 0.29) is 5.88 Å². The molecule has 0 saturated carbocycles. The molecule has 0 aliphatic heterocycles. The summed E-state index contributed by atoms with van der Waals surface area (Å²) in [6.45, 7) is 1.58. The summed E-state index contributed by atoms with van der Waals surface area (Å²) in [5, 5.41) is 11.7. The van der Waals surface area contributed by atoms with Crippen molar-refractivity contribution in [2.75, 3.05) is 4.72 Å². The molecule has 0 spiro atoms. The quantitative estimate of drug-likeness (QED) is 0.887. The lowest BCUT2D eigenvalue weighted by molar-refractivity contribution is 0.0696. The molecule has 0 bridgehead atoms. The zero-order chi connectivity index (χ0) is 15.8. The molecule has 7 nitrogen and oxygen atoms in total. The van der Waals surface area contributed by atoms with Gasteiger partial charge >= 0.3 is 5.97 Å². The van der Waals surface area contributed by atoms with Crippen LogP contribution >= 0.6 is 11.6 Å². The Morgan fingerprint density at radius 1 is 1.43 bits per heavy atom. The molecule has 0 unspecified atom stereocenters. The van der Waals surface area contributed by atoms with Crippen LogP contribution in [-0.2, 0) is 10.0 Å². The molecule has 0 aliphatic carbocycles. The highest BCUT2D eigenvalue weighted by Gasteiger charge is 2.23. The molecule has 1 aromatic carbocycles. The van der Waals surface area contributed by atoms with Crippen molar-refractivity contribution in [1.82, 2.24) is 5.16 Å². The Labute approximate surface area is 123 Å². The van der Waals surface area contributed by atoms with Crippen LogP contribution in [0.2, 0.25) is 5.02 Å². The van der Waals surface area contributed by atoms with Crippen molar-refractivity contribution >= 4 is 33.5 Å². The van der Waals surface area contributed by atoms with Crippen LogP contribution in [0.4, 0.5) is 10.3 Å². The molecule has 2 aromatic rings. The minimum Gasteiger partial charge on any atom is -0.478 e. The molecule has 0 radical (unpaired) electrons. The average Bonchev–Trinajstić information content (AvgIpc) is 2.76. The highest BCUT2D eigenvalue weighted by Crippen LogP contribution is 2.26. The predicted octanol–water partition coefficient (Wildman–Crippen LogP) is 2.27. The summed E-state index contributed by atoms with van der Waals surface area (Å²) in [6.07, 6.45) is 0. The van der Waals surface area contributed by atoms with Crippen LogP contribution in [0.3, 0.4) is 0 Å². The fourth-order valence-corrected chi connectivity index (χ4v) is 2.68. The van der Waals surface area contributed by atoms with Gasteiger partial charge in [-0.25, -0.2) is 22.3 Å². The van der Waals surface area contributed by atoms with Gasteiger partial charge in [0, 0.05) is 6.07 Å². The first kappa shape index (κ1) is 15.3. The third kappa shape index (κ3) is 3.14. The maximum Gasteiger partial charge on any atom is 0.337 e. The lowest BCUT2D eigenvalue weighted by atomic mass is 10.2. The topological polar surface area (TPSA) is 110 Å². The number of hydrogen-bond donors (Lipinski definition) is 2. The lowest BCUT2D eigenvalue weighted by Gasteiger charge is -2.07. The normalized spacial score (nSPS) is 11.4. The fraction of sp³-hybridized carbons (Fsp3) is 0.0909. The van der Waals surface area contributed by atoms with Gasteiger partial charge in [0.1, 0.15) is 5.82 Å². The number of nitrogens with zero attached hydrogens (tertiary/aromatic N) is 1. The van der Waals surface area contributed by atoms with E-state index in [9.17, 15) is 17.6 Å². The second kappa shape index (κ2) is 5.34. The van der Waals surface area contributed by atoms with E-state index < -0.39 is 37.3 Å². The Morgan fingerprint density at radius 3 is 2.62 bits per heavy atom. The summed E-state index contributed by atoms with van der Waals surface area (Å²) in [5.74, 6) is -2.89. The van der Waals surface area contributed by atoms with E-state index >= 15 is 0 Å². The van der Waals surface area contributed by atoms with Crippen LogP contribution in [0.5, 0.6) is 0 Å². The molecule has 0 fully saturated rings. The number of carboxylic acid groups (broad SMARTS) is 1. The van der Waals surface area contributed by atoms with E-state index in [4.69, 9.17) is 16.7 Å². The Kier molecular flexibility index (Phi) is 3.88. The molecule has 0 saturated heterocycles. The number of rotatable bonds is 4. The molecule has 21 heavy (non-hydrogen) atoms. The Balaban J connectivity index is 2.47. The third-order valence-corrected chi connectivity index (χ3v) is 4.12. The molecule has 1 aromatic heterocycles. The number of halogens is 2. The minimum absolute atomic E-state index is 0.181. The number of nitrogens with one attached hydrogen (secondary N) is 1. The molecule has 2 rings (SSSR count). The van der Waals surface area contributed by atoms with Gasteiger partial charge in [0.25, 0.3) is 10.0 Å². The number of aryl methyl sites for hydroxylation is 1. The van der Waals surface area contributed by atoms with Crippen LogP contribution in [0.25, 0.3) is 0 Å². The molecule has 0 amide bonds. The maximum atomic E-state index is 13.5. The SMILES string of the molecule is Cc1cc(NS(=O)(=O)c2cc(F)c(Cl)c(C(=O)O)c2)on1. The average molecular weight is 335 g/mol. The van der Waals surface area contributed by atoms with Gasteiger partial charge in [0.05, 0.1) is 21.2 Å². The Morgan fingerprint density at radius 2 is 2.10 bits per heavy atom. The van der Waals surface area contributed by atoms with Crippen molar-refractivity contribution in [2.45, 2.75) is 11.8 Å². The summed E-state index contributed by atoms with van der Waals surface area (Å²) >= 11 is 5.47. The van der Waals surface area contributed by atoms with Gasteiger partial charge in [-0.15, -0.1) is 0 Å². The lowest BCUT2D eigenvalue weighted by Crippen LogP contribution is -2.14. The number of aromatic carboxylic acids is 1. The van der Waals surface area contributed by atoms with Gasteiger partial charge in [-0.05, 0) is 19.1 Å². The second-order valence-electron chi connectivity index (χ2n) is 4.01. The summed E-state index contributed by atoms with van der Waals surface area (Å²) in [6, 6.07) is 2.67. The van der Waals surface area contributed by atoms with Crippen molar-refractivity contribution < 1.29 is 27.2 Å². The summed E-state index contributed by atoms with van der Waals surface area (Å²) in [7, 11) is -4.24. The van der Waals surface area contributed by atoms with Gasteiger partial charge in [0.2, 0.25) is 5.88 Å². The van der Waals surface area contributed by atoms with E-state index in [0.29, 0.717) is 11.8 Å².